The number of pyridine rings is 1. The van der Waals surface area contributed by atoms with E-state index in [1.807, 2.05) is 31.7 Å². The van der Waals surface area contributed by atoms with Crippen LogP contribution in [0.15, 0.2) is 36.5 Å². The summed E-state index contributed by atoms with van der Waals surface area (Å²) in [4.78, 5) is 40.3. The normalized spacial score (nSPS) is 19.2. The summed E-state index contributed by atoms with van der Waals surface area (Å²) in [5, 5.41) is 9.20. The first-order chi connectivity index (χ1) is 16.5. The Balaban J connectivity index is 1.42. The van der Waals surface area contributed by atoms with Crippen molar-refractivity contribution in [2.75, 3.05) is 13.1 Å². The molecule has 186 valence electrons. The molecule has 9 nitrogen and oxygen atoms in total. The average Bonchev–Trinajstić information content (AvgIpc) is 3.16. The number of aromatic nitrogens is 3. The average molecular weight is 480 g/mol. The van der Waals surface area contributed by atoms with Gasteiger partial charge in [-0.1, -0.05) is 0 Å². The molecule has 35 heavy (non-hydrogen) atoms. The molecule has 1 saturated heterocycles. The lowest BCUT2D eigenvalue weighted by Crippen LogP contribution is -2.58. The molecule has 1 amide bonds. The van der Waals surface area contributed by atoms with Crippen LogP contribution < -0.4 is 0 Å². The van der Waals surface area contributed by atoms with Crippen molar-refractivity contribution in [3.63, 3.8) is 0 Å². The smallest absolute Gasteiger partial charge is 0.410 e. The molecule has 2 atom stereocenters. The number of carboxylic acid groups (broad SMARTS) is 1. The molecule has 0 aliphatic carbocycles. The van der Waals surface area contributed by atoms with Crippen molar-refractivity contribution >= 4 is 23.1 Å². The monoisotopic (exact) mass is 479 g/mol. The predicted molar refractivity (Wildman–Crippen MR) is 132 cm³/mol. The number of hydrogen-bond acceptors (Lipinski definition) is 6. The molecule has 0 bridgehead atoms. The standard InChI is InChI=1S/C26H33N5O4/c1-16-14-31(25(34)35-26(3,4)5)17(2)13-30(16)15-18-8-9-27-20(10-18)12-23-28-21-7-6-19(24(32)33)11-22(21)29-23/h6-11,16-17H,12-15H2,1-5H3,(H,28,29)(H,32,33)/t16-,17+/m0/s1. The van der Waals surface area contributed by atoms with Crippen LogP contribution >= 0.6 is 0 Å². The Bertz CT molecular complexity index is 1230. The highest BCUT2D eigenvalue weighted by Gasteiger charge is 2.34. The third-order valence-electron chi connectivity index (χ3n) is 6.14. The number of H-pyrrole nitrogens is 1. The van der Waals surface area contributed by atoms with E-state index in [0.29, 0.717) is 18.5 Å². The van der Waals surface area contributed by atoms with Crippen molar-refractivity contribution in [2.45, 2.75) is 65.3 Å². The zero-order valence-corrected chi connectivity index (χ0v) is 20.9. The summed E-state index contributed by atoms with van der Waals surface area (Å²) in [6, 6.07) is 9.19. The molecule has 4 rings (SSSR count). The lowest BCUT2D eigenvalue weighted by molar-refractivity contribution is -0.0117. The van der Waals surface area contributed by atoms with Gasteiger partial charge in [-0.25, -0.2) is 14.6 Å². The molecular formula is C26H33N5O4. The van der Waals surface area contributed by atoms with Gasteiger partial charge in [0, 0.05) is 50.0 Å². The SMILES string of the molecule is C[C@@H]1CN(Cc2ccnc(Cc3nc4ccc(C(=O)O)cc4[nH]3)c2)[C@@H](C)CN1C(=O)OC(C)(C)C. The van der Waals surface area contributed by atoms with Crippen LogP contribution in [0.5, 0.6) is 0 Å². The fraction of sp³-hybridized carbons (Fsp3) is 0.462. The summed E-state index contributed by atoms with van der Waals surface area (Å²) >= 11 is 0. The number of imidazole rings is 1. The van der Waals surface area contributed by atoms with Crippen LogP contribution in [0.1, 0.15) is 62.1 Å². The Morgan fingerprint density at radius 3 is 2.63 bits per heavy atom. The number of carbonyl (C=O) groups is 2. The van der Waals surface area contributed by atoms with Gasteiger partial charge in [0.15, 0.2) is 0 Å². The summed E-state index contributed by atoms with van der Waals surface area (Å²) in [7, 11) is 0. The third-order valence-corrected chi connectivity index (χ3v) is 6.14. The van der Waals surface area contributed by atoms with Crippen LogP contribution in [0.4, 0.5) is 4.79 Å². The van der Waals surface area contributed by atoms with Crippen molar-refractivity contribution in [1.82, 2.24) is 24.8 Å². The number of carboxylic acids is 1. The predicted octanol–water partition coefficient (Wildman–Crippen LogP) is 4.08. The number of rotatable bonds is 5. The van der Waals surface area contributed by atoms with E-state index in [-0.39, 0.29) is 23.7 Å². The highest BCUT2D eigenvalue weighted by atomic mass is 16.6. The van der Waals surface area contributed by atoms with Crippen molar-refractivity contribution in [3.05, 3.63) is 59.2 Å². The van der Waals surface area contributed by atoms with Gasteiger partial charge < -0.3 is 19.7 Å². The second-order valence-electron chi connectivity index (χ2n) is 10.3. The maximum Gasteiger partial charge on any atom is 0.410 e. The molecule has 2 N–H and O–H groups in total. The van der Waals surface area contributed by atoms with E-state index >= 15 is 0 Å². The first-order valence-corrected chi connectivity index (χ1v) is 11.9. The van der Waals surface area contributed by atoms with Crippen LogP contribution in [-0.4, -0.2) is 72.7 Å². The molecule has 3 aromatic rings. The van der Waals surface area contributed by atoms with E-state index in [2.05, 4.69) is 39.8 Å². The van der Waals surface area contributed by atoms with Gasteiger partial charge in [0.25, 0.3) is 0 Å². The van der Waals surface area contributed by atoms with E-state index < -0.39 is 11.6 Å². The molecule has 1 aliphatic rings. The number of ether oxygens (including phenoxy) is 1. The van der Waals surface area contributed by atoms with Crippen molar-refractivity contribution < 1.29 is 19.4 Å². The molecule has 1 aliphatic heterocycles. The highest BCUT2D eigenvalue weighted by molar-refractivity contribution is 5.92. The Kier molecular flexibility index (Phi) is 6.80. The third kappa shape index (κ3) is 5.97. The fourth-order valence-electron chi connectivity index (χ4n) is 4.40. The molecule has 9 heteroatoms. The van der Waals surface area contributed by atoms with Crippen LogP contribution in [0.25, 0.3) is 11.0 Å². The minimum absolute atomic E-state index is 0.0496. The van der Waals surface area contributed by atoms with Crippen molar-refractivity contribution in [2.24, 2.45) is 0 Å². The lowest BCUT2D eigenvalue weighted by Gasteiger charge is -2.44. The van der Waals surface area contributed by atoms with Crippen molar-refractivity contribution in [1.29, 1.82) is 0 Å². The summed E-state index contributed by atoms with van der Waals surface area (Å²) in [6.45, 7) is 12.0. The Morgan fingerprint density at radius 1 is 1.14 bits per heavy atom. The van der Waals surface area contributed by atoms with Gasteiger partial charge in [0.2, 0.25) is 0 Å². The molecule has 0 saturated carbocycles. The van der Waals surface area contributed by atoms with Gasteiger partial charge in [0.05, 0.1) is 16.6 Å². The largest absolute Gasteiger partial charge is 0.478 e. The van der Waals surface area contributed by atoms with Gasteiger partial charge >= 0.3 is 12.1 Å². The molecule has 3 heterocycles. The fourth-order valence-corrected chi connectivity index (χ4v) is 4.40. The number of aromatic amines is 1. The number of fused-ring (bicyclic) bond motifs is 1. The molecule has 0 radical (unpaired) electrons. The van der Waals surface area contributed by atoms with Crippen LogP contribution in [0, 0.1) is 0 Å². The zero-order valence-electron chi connectivity index (χ0n) is 20.9. The second kappa shape index (κ2) is 9.65. The van der Waals surface area contributed by atoms with Crippen LogP contribution in [0.2, 0.25) is 0 Å². The molecule has 1 fully saturated rings. The van der Waals surface area contributed by atoms with Gasteiger partial charge in [0.1, 0.15) is 11.4 Å². The maximum atomic E-state index is 12.6. The van der Waals surface area contributed by atoms with Crippen LogP contribution in [0.3, 0.4) is 0 Å². The second-order valence-corrected chi connectivity index (χ2v) is 10.3. The minimum Gasteiger partial charge on any atom is -0.478 e. The number of nitrogens with one attached hydrogen (secondary N) is 1. The summed E-state index contributed by atoms with van der Waals surface area (Å²) in [5.41, 5.74) is 3.16. The number of carbonyl (C=O) groups excluding carboxylic acids is 1. The van der Waals surface area contributed by atoms with Gasteiger partial charge in [-0.3, -0.25) is 9.88 Å². The number of piperazine rings is 1. The summed E-state index contributed by atoms with van der Waals surface area (Å²) in [5.74, 6) is -0.229. The van der Waals surface area contributed by atoms with Gasteiger partial charge in [-0.05, 0) is 70.5 Å². The maximum absolute atomic E-state index is 12.6. The first kappa shape index (κ1) is 24.7. The Morgan fingerprint density at radius 2 is 1.91 bits per heavy atom. The molecule has 0 unspecified atom stereocenters. The van der Waals surface area contributed by atoms with Gasteiger partial charge in [-0.2, -0.15) is 0 Å². The number of hydrogen-bond donors (Lipinski definition) is 2. The van der Waals surface area contributed by atoms with Crippen LogP contribution in [-0.2, 0) is 17.7 Å². The topological polar surface area (TPSA) is 112 Å². The quantitative estimate of drug-likeness (QED) is 0.567. The molecule has 0 spiro atoms. The zero-order chi connectivity index (χ0) is 25.3. The van der Waals surface area contributed by atoms with Gasteiger partial charge in [-0.15, -0.1) is 0 Å². The minimum atomic E-state index is -0.965. The number of benzene rings is 1. The lowest BCUT2D eigenvalue weighted by atomic mass is 10.1. The van der Waals surface area contributed by atoms with E-state index in [9.17, 15) is 14.7 Å². The van der Waals surface area contributed by atoms with E-state index in [1.54, 1.807) is 24.4 Å². The summed E-state index contributed by atoms with van der Waals surface area (Å²) in [6.07, 6.45) is 2.06. The highest BCUT2D eigenvalue weighted by Crippen LogP contribution is 2.22. The Hall–Kier alpha value is -3.46. The van der Waals surface area contributed by atoms with E-state index in [4.69, 9.17) is 4.74 Å². The summed E-state index contributed by atoms with van der Waals surface area (Å²) < 4.78 is 5.58. The number of nitrogens with zero attached hydrogens (tertiary/aromatic N) is 4. The number of aromatic carboxylic acids is 1. The van der Waals surface area contributed by atoms with Crippen molar-refractivity contribution in [3.8, 4) is 0 Å². The number of amides is 1. The molecule has 2 aromatic heterocycles. The van der Waals surface area contributed by atoms with E-state index in [0.717, 1.165) is 35.7 Å². The first-order valence-electron chi connectivity index (χ1n) is 11.9. The molecular weight excluding hydrogens is 446 g/mol. The molecule has 1 aromatic carbocycles. The Labute approximate surface area is 205 Å². The van der Waals surface area contributed by atoms with E-state index in [1.165, 1.54) is 0 Å².